The summed E-state index contributed by atoms with van der Waals surface area (Å²) in [6, 6.07) is 4.98. The monoisotopic (exact) mass is 207 g/mol. The highest BCUT2D eigenvalue weighted by Gasteiger charge is 2.19. The maximum atomic E-state index is 10.7. The van der Waals surface area contributed by atoms with Crippen LogP contribution in [0.1, 0.15) is 15.9 Å². The Hall–Kier alpha value is -1.55. The lowest BCUT2D eigenvalue weighted by atomic mass is 9.96. The second-order valence-electron chi connectivity index (χ2n) is 3.74. The van der Waals surface area contributed by atoms with Gasteiger partial charge in [-0.3, -0.25) is 0 Å². The van der Waals surface area contributed by atoms with Gasteiger partial charge in [-0.25, -0.2) is 4.79 Å². The third kappa shape index (κ3) is 1.94. The van der Waals surface area contributed by atoms with Crippen molar-refractivity contribution in [3.05, 3.63) is 29.3 Å². The summed E-state index contributed by atoms with van der Waals surface area (Å²) in [5.74, 6) is 0.0927. The van der Waals surface area contributed by atoms with Crippen LogP contribution in [0.3, 0.4) is 0 Å². The van der Waals surface area contributed by atoms with Gasteiger partial charge in [0.25, 0.3) is 0 Å². The molecule has 1 heterocycles. The van der Waals surface area contributed by atoms with Crippen molar-refractivity contribution in [2.24, 2.45) is 11.7 Å². The van der Waals surface area contributed by atoms with Crippen LogP contribution in [0.25, 0.3) is 0 Å². The van der Waals surface area contributed by atoms with Crippen molar-refractivity contribution >= 4 is 5.97 Å². The molecule has 0 saturated heterocycles. The Bertz CT molecular complexity index is 389. The normalized spacial score (nSPS) is 19.1. The number of hydrogen-bond acceptors (Lipinski definition) is 3. The summed E-state index contributed by atoms with van der Waals surface area (Å²) in [7, 11) is 0. The molecule has 1 atom stereocenters. The zero-order chi connectivity index (χ0) is 10.8. The number of hydrogen-bond donors (Lipinski definition) is 2. The minimum absolute atomic E-state index is 0.264. The molecule has 0 aromatic heterocycles. The fraction of sp³-hybridized carbons (Fsp3) is 0.364. The second kappa shape index (κ2) is 3.90. The summed E-state index contributed by atoms with van der Waals surface area (Å²) < 4.78 is 5.47. The van der Waals surface area contributed by atoms with E-state index in [0.717, 1.165) is 12.0 Å². The van der Waals surface area contributed by atoms with Crippen molar-refractivity contribution in [2.75, 3.05) is 13.2 Å². The molecule has 1 aliphatic rings. The van der Waals surface area contributed by atoms with E-state index >= 15 is 0 Å². The van der Waals surface area contributed by atoms with E-state index in [4.69, 9.17) is 15.6 Å². The number of rotatable bonds is 2. The van der Waals surface area contributed by atoms with Crippen LogP contribution in [0.5, 0.6) is 5.75 Å². The summed E-state index contributed by atoms with van der Waals surface area (Å²) >= 11 is 0. The lowest BCUT2D eigenvalue weighted by Gasteiger charge is -2.24. The highest BCUT2D eigenvalue weighted by atomic mass is 16.5. The van der Waals surface area contributed by atoms with E-state index in [1.54, 1.807) is 18.2 Å². The topological polar surface area (TPSA) is 72.5 Å². The molecule has 0 spiro atoms. The van der Waals surface area contributed by atoms with Crippen molar-refractivity contribution in [3.63, 3.8) is 0 Å². The van der Waals surface area contributed by atoms with Crippen LogP contribution < -0.4 is 10.5 Å². The van der Waals surface area contributed by atoms with E-state index in [0.29, 0.717) is 24.8 Å². The molecule has 0 saturated carbocycles. The molecule has 4 heteroatoms. The van der Waals surface area contributed by atoms with Gasteiger partial charge >= 0.3 is 5.97 Å². The van der Waals surface area contributed by atoms with E-state index in [1.807, 2.05) is 0 Å². The minimum atomic E-state index is -0.928. The summed E-state index contributed by atoms with van der Waals surface area (Å²) in [6.45, 7) is 1.17. The fourth-order valence-corrected chi connectivity index (χ4v) is 1.72. The van der Waals surface area contributed by atoms with Crippen LogP contribution >= 0.6 is 0 Å². The van der Waals surface area contributed by atoms with Gasteiger partial charge in [0.05, 0.1) is 12.2 Å². The first-order chi connectivity index (χ1) is 7.20. The quantitative estimate of drug-likeness (QED) is 0.755. The van der Waals surface area contributed by atoms with Crippen molar-refractivity contribution in [3.8, 4) is 5.75 Å². The molecule has 1 unspecified atom stereocenters. The number of fused-ring (bicyclic) bond motifs is 1. The SMILES string of the molecule is NCC1COc2cc(C(=O)O)ccc2C1. The average Bonchev–Trinajstić information content (AvgIpc) is 2.27. The van der Waals surface area contributed by atoms with Gasteiger partial charge in [0, 0.05) is 5.92 Å². The average molecular weight is 207 g/mol. The highest BCUT2D eigenvalue weighted by molar-refractivity contribution is 5.88. The lowest BCUT2D eigenvalue weighted by Crippen LogP contribution is -2.27. The molecule has 1 aromatic rings. The highest BCUT2D eigenvalue weighted by Crippen LogP contribution is 2.27. The van der Waals surface area contributed by atoms with Gasteiger partial charge in [0.15, 0.2) is 0 Å². The van der Waals surface area contributed by atoms with Crippen LogP contribution in [0.2, 0.25) is 0 Å². The molecule has 0 radical (unpaired) electrons. The molecular formula is C11H13NO3. The van der Waals surface area contributed by atoms with Crippen molar-refractivity contribution in [2.45, 2.75) is 6.42 Å². The Labute approximate surface area is 87.7 Å². The van der Waals surface area contributed by atoms with Crippen molar-refractivity contribution in [1.29, 1.82) is 0 Å². The Kier molecular flexibility index (Phi) is 2.60. The number of carboxylic acid groups (broad SMARTS) is 1. The van der Waals surface area contributed by atoms with Crippen molar-refractivity contribution < 1.29 is 14.6 Å². The maximum Gasteiger partial charge on any atom is 0.335 e. The number of ether oxygens (including phenoxy) is 1. The summed E-state index contributed by atoms with van der Waals surface area (Å²) in [6.07, 6.45) is 0.867. The molecule has 2 rings (SSSR count). The molecule has 1 aromatic carbocycles. The van der Waals surface area contributed by atoms with Gasteiger partial charge in [-0.15, -0.1) is 0 Å². The maximum absolute atomic E-state index is 10.7. The molecule has 3 N–H and O–H groups in total. The molecule has 4 nitrogen and oxygen atoms in total. The van der Waals surface area contributed by atoms with Gasteiger partial charge < -0.3 is 15.6 Å². The molecule has 0 bridgehead atoms. The molecule has 0 aliphatic carbocycles. The number of benzene rings is 1. The van der Waals surface area contributed by atoms with E-state index in [2.05, 4.69) is 0 Å². The zero-order valence-corrected chi connectivity index (χ0v) is 8.27. The van der Waals surface area contributed by atoms with Gasteiger partial charge in [-0.05, 0) is 30.7 Å². The first-order valence-corrected chi connectivity index (χ1v) is 4.90. The third-order valence-electron chi connectivity index (χ3n) is 2.63. The Morgan fingerprint density at radius 2 is 2.40 bits per heavy atom. The summed E-state index contributed by atoms with van der Waals surface area (Å²) in [4.78, 5) is 10.7. The van der Waals surface area contributed by atoms with Gasteiger partial charge in [0.1, 0.15) is 5.75 Å². The standard InChI is InChI=1S/C11H13NO3/c12-5-7-3-8-1-2-9(11(13)14)4-10(8)15-6-7/h1-2,4,7H,3,5-6,12H2,(H,13,14). The van der Waals surface area contributed by atoms with E-state index in [1.165, 1.54) is 0 Å². The summed E-state index contributed by atoms with van der Waals surface area (Å²) in [5.41, 5.74) is 6.87. The predicted molar refractivity (Wildman–Crippen MR) is 55.1 cm³/mol. The lowest BCUT2D eigenvalue weighted by molar-refractivity contribution is 0.0696. The Morgan fingerprint density at radius 1 is 1.60 bits per heavy atom. The number of carboxylic acids is 1. The van der Waals surface area contributed by atoms with E-state index < -0.39 is 5.97 Å². The Morgan fingerprint density at radius 3 is 3.07 bits per heavy atom. The molecular weight excluding hydrogens is 194 g/mol. The van der Waals surface area contributed by atoms with Crippen molar-refractivity contribution in [1.82, 2.24) is 0 Å². The number of nitrogens with two attached hydrogens (primary N) is 1. The molecule has 0 fully saturated rings. The van der Waals surface area contributed by atoms with E-state index in [9.17, 15) is 4.79 Å². The second-order valence-corrected chi connectivity index (χ2v) is 3.74. The van der Waals surface area contributed by atoms with Gasteiger partial charge in [-0.2, -0.15) is 0 Å². The van der Waals surface area contributed by atoms with E-state index in [-0.39, 0.29) is 5.56 Å². The van der Waals surface area contributed by atoms with Crippen LogP contribution in [-0.2, 0) is 6.42 Å². The Balaban J connectivity index is 2.28. The first-order valence-electron chi connectivity index (χ1n) is 4.90. The molecule has 15 heavy (non-hydrogen) atoms. The zero-order valence-electron chi connectivity index (χ0n) is 8.27. The number of carbonyl (C=O) groups is 1. The molecule has 0 amide bonds. The summed E-state index contributed by atoms with van der Waals surface area (Å²) in [5, 5.41) is 8.81. The predicted octanol–water partition coefficient (Wildman–Crippen LogP) is 0.895. The third-order valence-corrected chi connectivity index (χ3v) is 2.63. The minimum Gasteiger partial charge on any atom is -0.493 e. The fourth-order valence-electron chi connectivity index (χ4n) is 1.72. The van der Waals surface area contributed by atoms with Crippen LogP contribution in [0.4, 0.5) is 0 Å². The van der Waals surface area contributed by atoms with Gasteiger partial charge in [-0.1, -0.05) is 6.07 Å². The first kappa shape index (κ1) is 9.98. The molecule has 80 valence electrons. The smallest absolute Gasteiger partial charge is 0.335 e. The largest absolute Gasteiger partial charge is 0.493 e. The molecule has 1 aliphatic heterocycles. The van der Waals surface area contributed by atoms with Gasteiger partial charge in [0.2, 0.25) is 0 Å². The van der Waals surface area contributed by atoms with Crippen LogP contribution in [0.15, 0.2) is 18.2 Å². The van der Waals surface area contributed by atoms with Crippen LogP contribution in [-0.4, -0.2) is 24.2 Å². The number of aromatic carboxylic acids is 1. The van der Waals surface area contributed by atoms with Crippen LogP contribution in [0, 0.1) is 5.92 Å².